The van der Waals surface area contributed by atoms with E-state index in [2.05, 4.69) is 5.16 Å². The summed E-state index contributed by atoms with van der Waals surface area (Å²) in [5.41, 5.74) is 6.07. The summed E-state index contributed by atoms with van der Waals surface area (Å²) in [6, 6.07) is 5.27. The Morgan fingerprint density at radius 2 is 2.17 bits per heavy atom. The van der Waals surface area contributed by atoms with Crippen LogP contribution in [0.2, 0.25) is 5.02 Å². The first-order chi connectivity index (χ1) is 8.72. The lowest BCUT2D eigenvalue weighted by atomic mass is 10.1. The van der Waals surface area contributed by atoms with Crippen LogP contribution >= 0.6 is 11.6 Å². The van der Waals surface area contributed by atoms with Gasteiger partial charge in [0.2, 0.25) is 0 Å². The molecule has 5 heteroatoms. The zero-order chi connectivity index (χ0) is 13.0. The minimum absolute atomic E-state index is 0.0259. The Kier molecular flexibility index (Phi) is 4.31. The third-order valence-corrected chi connectivity index (χ3v) is 3.60. The van der Waals surface area contributed by atoms with E-state index < -0.39 is 0 Å². The smallest absolute Gasteiger partial charge is 0.175 e. The molecule has 0 saturated heterocycles. The highest BCUT2D eigenvalue weighted by molar-refractivity contribution is 6.34. The summed E-state index contributed by atoms with van der Waals surface area (Å²) in [7, 11) is 0. The van der Waals surface area contributed by atoms with Crippen molar-refractivity contribution in [3.63, 3.8) is 0 Å². The van der Waals surface area contributed by atoms with Crippen molar-refractivity contribution in [1.29, 1.82) is 0 Å². The molecular weight excluding hydrogens is 252 g/mol. The summed E-state index contributed by atoms with van der Waals surface area (Å²) < 4.78 is 5.77. The van der Waals surface area contributed by atoms with Crippen molar-refractivity contribution >= 4 is 17.4 Å². The Labute approximate surface area is 111 Å². The summed E-state index contributed by atoms with van der Waals surface area (Å²) >= 11 is 6.05. The first-order valence-electron chi connectivity index (χ1n) is 6.11. The van der Waals surface area contributed by atoms with E-state index in [0.717, 1.165) is 0 Å². The molecule has 98 valence electrons. The Hall–Kier alpha value is -1.42. The minimum Gasteiger partial charge on any atom is -0.492 e. The molecule has 1 aliphatic carbocycles. The Bertz CT molecular complexity index is 443. The Morgan fingerprint density at radius 1 is 1.44 bits per heavy atom. The van der Waals surface area contributed by atoms with E-state index in [1.54, 1.807) is 18.2 Å². The highest BCUT2D eigenvalue weighted by atomic mass is 35.5. The van der Waals surface area contributed by atoms with Gasteiger partial charge in [-0.05, 0) is 30.9 Å². The maximum absolute atomic E-state index is 8.77. The number of amidine groups is 1. The molecule has 0 aliphatic heterocycles. The summed E-state index contributed by atoms with van der Waals surface area (Å²) in [5.74, 6) is 1.15. The van der Waals surface area contributed by atoms with Crippen LogP contribution in [0.5, 0.6) is 5.75 Å². The zero-order valence-corrected chi connectivity index (χ0v) is 10.9. The van der Waals surface area contributed by atoms with E-state index in [1.807, 2.05) is 0 Å². The first-order valence-corrected chi connectivity index (χ1v) is 6.49. The van der Waals surface area contributed by atoms with E-state index in [-0.39, 0.29) is 5.84 Å². The van der Waals surface area contributed by atoms with Crippen LogP contribution in [0.1, 0.15) is 31.2 Å². The molecule has 0 radical (unpaired) electrons. The summed E-state index contributed by atoms with van der Waals surface area (Å²) in [4.78, 5) is 0. The van der Waals surface area contributed by atoms with Gasteiger partial charge in [0.15, 0.2) is 5.84 Å². The number of halogens is 1. The highest BCUT2D eigenvalue weighted by Crippen LogP contribution is 2.29. The van der Waals surface area contributed by atoms with Gasteiger partial charge in [0, 0.05) is 0 Å². The molecule has 18 heavy (non-hydrogen) atoms. The second-order valence-corrected chi connectivity index (χ2v) is 4.97. The second-order valence-electron chi connectivity index (χ2n) is 4.56. The van der Waals surface area contributed by atoms with Crippen LogP contribution in [0.3, 0.4) is 0 Å². The van der Waals surface area contributed by atoms with Crippen molar-refractivity contribution in [3.05, 3.63) is 28.8 Å². The van der Waals surface area contributed by atoms with E-state index in [1.165, 1.54) is 25.7 Å². The fraction of sp³-hybridized carbons (Fsp3) is 0.462. The molecule has 0 amide bonds. The number of benzene rings is 1. The largest absolute Gasteiger partial charge is 0.492 e. The van der Waals surface area contributed by atoms with Crippen LogP contribution in [-0.2, 0) is 0 Å². The number of oxime groups is 1. The average molecular weight is 269 g/mol. The molecule has 1 fully saturated rings. The molecular formula is C13H17ClN2O2. The predicted octanol–water partition coefficient (Wildman–Crippen LogP) is 3.00. The number of hydrogen-bond acceptors (Lipinski definition) is 3. The maximum atomic E-state index is 8.77. The van der Waals surface area contributed by atoms with E-state index in [0.29, 0.717) is 28.9 Å². The third-order valence-electron chi connectivity index (χ3n) is 3.29. The van der Waals surface area contributed by atoms with Gasteiger partial charge in [0.1, 0.15) is 5.75 Å². The molecule has 1 aliphatic rings. The van der Waals surface area contributed by atoms with E-state index >= 15 is 0 Å². The van der Waals surface area contributed by atoms with Gasteiger partial charge in [-0.25, -0.2) is 0 Å². The number of nitrogens with zero attached hydrogens (tertiary/aromatic N) is 1. The van der Waals surface area contributed by atoms with Gasteiger partial charge in [-0.15, -0.1) is 0 Å². The SMILES string of the molecule is NC(=NO)c1c(Cl)cccc1OCC1CCCC1. The standard InChI is InChI=1S/C13H17ClN2O2/c14-10-6-3-7-11(12(10)13(15)16-17)18-8-9-4-1-2-5-9/h3,6-7,9,17H,1-2,4-5,8H2,(H2,15,16). The molecule has 1 saturated carbocycles. The molecule has 1 aromatic rings. The monoisotopic (exact) mass is 268 g/mol. The summed E-state index contributed by atoms with van der Waals surface area (Å²) in [5, 5.41) is 12.2. The number of nitrogens with two attached hydrogens (primary N) is 1. The first kappa shape index (κ1) is 13.0. The van der Waals surface area contributed by atoms with Gasteiger partial charge in [-0.1, -0.05) is 35.7 Å². The molecule has 1 aromatic carbocycles. The quantitative estimate of drug-likeness (QED) is 0.382. The minimum atomic E-state index is -0.0259. The van der Waals surface area contributed by atoms with Crippen LogP contribution in [0, 0.1) is 5.92 Å². The van der Waals surface area contributed by atoms with Gasteiger partial charge in [0.05, 0.1) is 17.2 Å². The number of ether oxygens (including phenoxy) is 1. The lowest BCUT2D eigenvalue weighted by Gasteiger charge is -2.14. The van der Waals surface area contributed by atoms with Gasteiger partial charge in [0.25, 0.3) is 0 Å². The molecule has 0 atom stereocenters. The molecule has 0 heterocycles. The fourth-order valence-corrected chi connectivity index (χ4v) is 2.57. The van der Waals surface area contributed by atoms with Gasteiger partial charge < -0.3 is 15.7 Å². The van der Waals surface area contributed by atoms with Crippen molar-refractivity contribution in [2.45, 2.75) is 25.7 Å². The topological polar surface area (TPSA) is 67.8 Å². The van der Waals surface area contributed by atoms with Crippen molar-refractivity contribution < 1.29 is 9.94 Å². The lowest BCUT2D eigenvalue weighted by Crippen LogP contribution is -2.17. The van der Waals surface area contributed by atoms with Crippen LogP contribution in [0.4, 0.5) is 0 Å². The van der Waals surface area contributed by atoms with Gasteiger partial charge in [-0.2, -0.15) is 0 Å². The Morgan fingerprint density at radius 3 is 2.83 bits per heavy atom. The highest BCUT2D eigenvalue weighted by Gasteiger charge is 2.18. The molecule has 0 aromatic heterocycles. The van der Waals surface area contributed by atoms with Crippen molar-refractivity contribution in [2.24, 2.45) is 16.8 Å². The lowest BCUT2D eigenvalue weighted by molar-refractivity contribution is 0.251. The molecule has 0 spiro atoms. The van der Waals surface area contributed by atoms with Crippen LogP contribution in [0.25, 0.3) is 0 Å². The van der Waals surface area contributed by atoms with Crippen LogP contribution in [-0.4, -0.2) is 17.6 Å². The number of rotatable bonds is 4. The normalized spacial score (nSPS) is 17.1. The van der Waals surface area contributed by atoms with Gasteiger partial charge >= 0.3 is 0 Å². The summed E-state index contributed by atoms with van der Waals surface area (Å²) in [6.07, 6.45) is 4.96. The molecule has 2 rings (SSSR count). The van der Waals surface area contributed by atoms with Crippen molar-refractivity contribution in [2.75, 3.05) is 6.61 Å². The third kappa shape index (κ3) is 2.88. The molecule has 0 unspecified atom stereocenters. The molecule has 3 N–H and O–H groups in total. The van der Waals surface area contributed by atoms with Crippen LogP contribution < -0.4 is 10.5 Å². The molecule has 4 nitrogen and oxygen atoms in total. The summed E-state index contributed by atoms with van der Waals surface area (Å²) in [6.45, 7) is 0.659. The second kappa shape index (κ2) is 5.96. The fourth-order valence-electron chi connectivity index (χ4n) is 2.31. The van der Waals surface area contributed by atoms with Gasteiger partial charge in [-0.3, -0.25) is 0 Å². The van der Waals surface area contributed by atoms with Crippen LogP contribution in [0.15, 0.2) is 23.4 Å². The molecule has 0 bridgehead atoms. The Balaban J connectivity index is 2.13. The van der Waals surface area contributed by atoms with E-state index in [4.69, 9.17) is 27.3 Å². The van der Waals surface area contributed by atoms with Crippen molar-refractivity contribution in [1.82, 2.24) is 0 Å². The predicted molar refractivity (Wildman–Crippen MR) is 71.4 cm³/mol. The maximum Gasteiger partial charge on any atom is 0.175 e. The van der Waals surface area contributed by atoms with E-state index in [9.17, 15) is 0 Å². The average Bonchev–Trinajstić information content (AvgIpc) is 2.88. The zero-order valence-electron chi connectivity index (χ0n) is 10.1. The number of hydrogen-bond donors (Lipinski definition) is 2. The van der Waals surface area contributed by atoms with Crippen molar-refractivity contribution in [3.8, 4) is 5.75 Å².